The lowest BCUT2D eigenvalue weighted by atomic mass is 10.00. The van der Waals surface area contributed by atoms with Gasteiger partial charge in [0.1, 0.15) is 6.54 Å². The van der Waals surface area contributed by atoms with Crippen LogP contribution in [0.5, 0.6) is 0 Å². The minimum Gasteiger partial charge on any atom is -0.379 e. The molecule has 0 aliphatic carbocycles. The smallest absolute Gasteiger partial charge is 0.262 e. The molecule has 1 saturated heterocycles. The fourth-order valence-corrected chi connectivity index (χ4v) is 4.94. The van der Waals surface area contributed by atoms with Crippen molar-refractivity contribution in [3.63, 3.8) is 0 Å². The molecule has 0 unspecified atom stereocenters. The molecule has 1 aromatic carbocycles. The van der Waals surface area contributed by atoms with Crippen molar-refractivity contribution in [3.8, 4) is 0 Å². The second-order valence-electron chi connectivity index (χ2n) is 8.52. The molecule has 176 valence electrons. The Morgan fingerprint density at radius 1 is 1.18 bits per heavy atom. The Kier molecular flexibility index (Phi) is 7.90. The van der Waals surface area contributed by atoms with Gasteiger partial charge in [0.25, 0.3) is 5.91 Å². The monoisotopic (exact) mass is 468 g/mol. The topological polar surface area (TPSA) is 65.5 Å². The van der Waals surface area contributed by atoms with Crippen molar-refractivity contribution < 1.29 is 14.3 Å². The van der Waals surface area contributed by atoms with Crippen molar-refractivity contribution in [3.05, 3.63) is 57.8 Å². The summed E-state index contributed by atoms with van der Waals surface area (Å²) in [5, 5.41) is 8.37. The van der Waals surface area contributed by atoms with Crippen molar-refractivity contribution >= 4 is 28.9 Å². The Morgan fingerprint density at radius 2 is 1.94 bits per heavy atom. The van der Waals surface area contributed by atoms with Gasteiger partial charge in [-0.05, 0) is 23.9 Å². The van der Waals surface area contributed by atoms with Gasteiger partial charge < -0.3 is 9.64 Å². The lowest BCUT2D eigenvalue weighted by Crippen LogP contribution is -2.46. The van der Waals surface area contributed by atoms with Crippen molar-refractivity contribution in [1.82, 2.24) is 14.8 Å². The maximum atomic E-state index is 13.5. The van der Waals surface area contributed by atoms with E-state index in [4.69, 9.17) is 9.84 Å². The van der Waals surface area contributed by atoms with Gasteiger partial charge in [-0.2, -0.15) is 5.10 Å². The third kappa shape index (κ3) is 5.88. The maximum Gasteiger partial charge on any atom is 0.262 e. The summed E-state index contributed by atoms with van der Waals surface area (Å²) in [6, 6.07) is 12.2. The predicted molar refractivity (Wildman–Crippen MR) is 130 cm³/mol. The number of hydrogen-bond acceptors (Lipinski definition) is 6. The molecule has 0 N–H and O–H groups in total. The molecule has 0 saturated carbocycles. The van der Waals surface area contributed by atoms with Gasteiger partial charge in [-0.1, -0.05) is 42.8 Å². The van der Waals surface area contributed by atoms with E-state index >= 15 is 0 Å². The fourth-order valence-electron chi connectivity index (χ4n) is 4.22. The molecule has 8 heteroatoms. The molecule has 1 atom stereocenters. The number of morpholine rings is 1. The summed E-state index contributed by atoms with van der Waals surface area (Å²) in [7, 11) is 0. The van der Waals surface area contributed by atoms with Crippen molar-refractivity contribution in [2.45, 2.75) is 32.7 Å². The largest absolute Gasteiger partial charge is 0.379 e. The van der Waals surface area contributed by atoms with Crippen LogP contribution in [0.3, 0.4) is 0 Å². The standard InChI is InChI=1S/C25H32N4O3S/c1-3-24(30)28(11-10-27-12-14-32-15-13-27)18-25(31)29-22(20-8-6-19(2)7-9-20)17-21(26-29)23-5-4-16-33-23/h4-9,16,22H,3,10-15,17-18H2,1-2H3/t22-/m0/s1. The molecule has 0 bridgehead atoms. The second-order valence-corrected chi connectivity index (χ2v) is 9.46. The van der Waals surface area contributed by atoms with E-state index < -0.39 is 0 Å². The Morgan fingerprint density at radius 3 is 2.61 bits per heavy atom. The molecule has 2 amide bonds. The molecule has 4 rings (SSSR count). The summed E-state index contributed by atoms with van der Waals surface area (Å²) >= 11 is 1.63. The molecule has 1 aromatic heterocycles. The van der Waals surface area contributed by atoms with E-state index in [1.54, 1.807) is 21.2 Å². The number of rotatable bonds is 8. The lowest BCUT2D eigenvalue weighted by Gasteiger charge is -2.31. The summed E-state index contributed by atoms with van der Waals surface area (Å²) in [5.41, 5.74) is 3.16. The van der Waals surface area contributed by atoms with Gasteiger partial charge in [0.15, 0.2) is 0 Å². The highest BCUT2D eigenvalue weighted by Gasteiger charge is 2.34. The van der Waals surface area contributed by atoms with Crippen LogP contribution < -0.4 is 0 Å². The zero-order valence-corrected chi connectivity index (χ0v) is 20.2. The highest BCUT2D eigenvalue weighted by atomic mass is 32.1. The Bertz CT molecular complexity index is 968. The Labute approximate surface area is 199 Å². The number of hydrogen-bond donors (Lipinski definition) is 0. The zero-order chi connectivity index (χ0) is 23.2. The normalized spacial score (nSPS) is 18.9. The number of carbonyl (C=O) groups is 2. The van der Waals surface area contributed by atoms with Gasteiger partial charge in [0, 0.05) is 39.0 Å². The van der Waals surface area contributed by atoms with Crippen LogP contribution in [0.1, 0.15) is 41.8 Å². The van der Waals surface area contributed by atoms with Gasteiger partial charge in [-0.3, -0.25) is 14.5 Å². The number of carbonyl (C=O) groups excluding carboxylic acids is 2. The van der Waals surface area contributed by atoms with Gasteiger partial charge in [-0.15, -0.1) is 11.3 Å². The van der Waals surface area contributed by atoms with Crippen molar-refractivity contribution in [1.29, 1.82) is 0 Å². The number of nitrogens with zero attached hydrogens (tertiary/aromatic N) is 4. The maximum absolute atomic E-state index is 13.5. The van der Waals surface area contributed by atoms with Crippen LogP contribution in [0.4, 0.5) is 0 Å². The van der Waals surface area contributed by atoms with Crippen LogP contribution in [0.25, 0.3) is 0 Å². The number of ether oxygens (including phenoxy) is 1. The van der Waals surface area contributed by atoms with Gasteiger partial charge >= 0.3 is 0 Å². The summed E-state index contributed by atoms with van der Waals surface area (Å²) < 4.78 is 5.41. The molecule has 2 aromatic rings. The fraction of sp³-hybridized carbons (Fsp3) is 0.480. The first kappa shape index (κ1) is 23.6. The van der Waals surface area contributed by atoms with Crippen LogP contribution in [-0.4, -0.2) is 78.3 Å². The van der Waals surface area contributed by atoms with Crippen molar-refractivity contribution in [2.24, 2.45) is 5.10 Å². The number of hydrazone groups is 1. The molecule has 0 spiro atoms. The lowest BCUT2D eigenvalue weighted by molar-refractivity contribution is -0.141. The van der Waals surface area contributed by atoms with E-state index in [0.717, 1.165) is 35.8 Å². The minimum absolute atomic E-state index is 0.00912. The summed E-state index contributed by atoms with van der Waals surface area (Å²) in [5.74, 6) is -0.152. The van der Waals surface area contributed by atoms with Crippen LogP contribution >= 0.6 is 11.3 Å². The summed E-state index contributed by atoms with van der Waals surface area (Å²) in [6.07, 6.45) is 1.05. The average Bonchev–Trinajstić information content (AvgIpc) is 3.52. The second kappa shape index (κ2) is 11.0. The number of benzene rings is 1. The third-order valence-corrected chi connectivity index (χ3v) is 7.12. The predicted octanol–water partition coefficient (Wildman–Crippen LogP) is 3.31. The van der Waals surface area contributed by atoms with Gasteiger partial charge in [0.2, 0.25) is 5.91 Å². The van der Waals surface area contributed by atoms with E-state index in [1.165, 1.54) is 5.56 Å². The van der Waals surface area contributed by atoms with E-state index in [-0.39, 0.29) is 24.4 Å². The molecule has 33 heavy (non-hydrogen) atoms. The molecule has 3 heterocycles. The molecule has 1 fully saturated rings. The quantitative estimate of drug-likeness (QED) is 0.596. The molecule has 7 nitrogen and oxygen atoms in total. The minimum atomic E-state index is -0.159. The van der Waals surface area contributed by atoms with Crippen molar-refractivity contribution in [2.75, 3.05) is 45.9 Å². The van der Waals surface area contributed by atoms with Crippen LogP contribution in [0.2, 0.25) is 0 Å². The van der Waals surface area contributed by atoms with Gasteiger partial charge in [-0.25, -0.2) is 5.01 Å². The first-order chi connectivity index (χ1) is 16.0. The number of amides is 2. The molecule has 2 aliphatic rings. The molecule has 2 aliphatic heterocycles. The van der Waals surface area contributed by atoms with E-state index in [0.29, 0.717) is 32.6 Å². The van der Waals surface area contributed by atoms with E-state index in [9.17, 15) is 9.59 Å². The molecule has 0 radical (unpaired) electrons. The number of aryl methyl sites for hydroxylation is 1. The van der Waals surface area contributed by atoms with E-state index in [1.807, 2.05) is 24.4 Å². The average molecular weight is 469 g/mol. The SMILES string of the molecule is CCC(=O)N(CCN1CCOCC1)CC(=O)N1N=C(c2cccs2)C[C@H]1c1ccc(C)cc1. The molecular formula is C25H32N4O3S. The summed E-state index contributed by atoms with van der Waals surface area (Å²) in [6.45, 7) is 8.36. The van der Waals surface area contributed by atoms with E-state index in [2.05, 4.69) is 36.1 Å². The highest BCUT2D eigenvalue weighted by Crippen LogP contribution is 2.34. The van der Waals surface area contributed by atoms with Gasteiger partial charge in [0.05, 0.1) is 29.8 Å². The van der Waals surface area contributed by atoms with Crippen LogP contribution in [-0.2, 0) is 14.3 Å². The summed E-state index contributed by atoms with van der Waals surface area (Å²) in [4.78, 5) is 31.2. The van der Waals surface area contributed by atoms with Crippen LogP contribution in [0.15, 0.2) is 46.9 Å². The first-order valence-electron chi connectivity index (χ1n) is 11.6. The first-order valence-corrected chi connectivity index (χ1v) is 12.5. The van der Waals surface area contributed by atoms with Crippen LogP contribution in [0, 0.1) is 6.92 Å². The zero-order valence-electron chi connectivity index (χ0n) is 19.4. The third-order valence-electron chi connectivity index (χ3n) is 6.20. The molecular weight excluding hydrogens is 436 g/mol. The Balaban J connectivity index is 1.51. The Hall–Kier alpha value is -2.55. The number of thiophene rings is 1. The highest BCUT2D eigenvalue weighted by molar-refractivity contribution is 7.12.